The first-order chi connectivity index (χ1) is 7.81. The highest BCUT2D eigenvalue weighted by molar-refractivity contribution is 5.59. The summed E-state index contributed by atoms with van der Waals surface area (Å²) in [4.78, 5) is 6.35. The summed E-state index contributed by atoms with van der Waals surface area (Å²) >= 11 is 0. The average molecular weight is 213 g/mol. The zero-order chi connectivity index (χ0) is 11.4. The van der Waals surface area contributed by atoms with Crippen molar-refractivity contribution in [3.05, 3.63) is 54.2 Å². The smallest absolute Gasteiger partial charge is 0.132 e. The highest BCUT2D eigenvalue weighted by atomic mass is 15.2. The topological polar surface area (TPSA) is 42.1 Å². The third-order valence-corrected chi connectivity index (χ3v) is 2.53. The molecule has 3 nitrogen and oxygen atoms in total. The van der Waals surface area contributed by atoms with Crippen molar-refractivity contribution in [2.75, 3.05) is 11.9 Å². The van der Waals surface area contributed by atoms with Crippen molar-refractivity contribution < 1.29 is 0 Å². The van der Waals surface area contributed by atoms with Crippen molar-refractivity contribution in [2.45, 2.75) is 6.54 Å². The van der Waals surface area contributed by atoms with E-state index in [2.05, 4.69) is 11.1 Å². The van der Waals surface area contributed by atoms with Gasteiger partial charge in [-0.05, 0) is 29.8 Å². The van der Waals surface area contributed by atoms with E-state index in [1.165, 1.54) is 0 Å². The lowest BCUT2D eigenvalue weighted by Gasteiger charge is -2.18. The summed E-state index contributed by atoms with van der Waals surface area (Å²) in [5.74, 6) is 0.927. The summed E-state index contributed by atoms with van der Waals surface area (Å²) in [6, 6.07) is 14.0. The van der Waals surface area contributed by atoms with E-state index in [1.54, 1.807) is 6.20 Å². The molecule has 82 valence electrons. The minimum absolute atomic E-state index is 0.559. The molecule has 0 saturated carbocycles. The number of pyridine rings is 1. The fourth-order valence-corrected chi connectivity index (χ4v) is 1.58. The summed E-state index contributed by atoms with van der Waals surface area (Å²) in [6.45, 7) is 0.559. The predicted octanol–water partition coefficient (Wildman–Crippen LogP) is 2.31. The summed E-state index contributed by atoms with van der Waals surface area (Å²) in [6.07, 6.45) is 1.79. The lowest BCUT2D eigenvalue weighted by atomic mass is 10.2. The van der Waals surface area contributed by atoms with Crippen molar-refractivity contribution >= 4 is 11.5 Å². The van der Waals surface area contributed by atoms with Gasteiger partial charge in [-0.3, -0.25) is 0 Å². The van der Waals surface area contributed by atoms with Gasteiger partial charge in [0, 0.05) is 25.5 Å². The van der Waals surface area contributed by atoms with Crippen molar-refractivity contribution in [1.82, 2.24) is 4.98 Å². The number of nitrogens with zero attached hydrogens (tertiary/aromatic N) is 2. The molecule has 1 heterocycles. The third kappa shape index (κ3) is 2.20. The maximum atomic E-state index is 5.62. The molecule has 0 fully saturated rings. The molecule has 0 unspecified atom stereocenters. The number of hydrogen-bond acceptors (Lipinski definition) is 3. The molecule has 0 aliphatic carbocycles. The second-order valence-electron chi connectivity index (χ2n) is 3.62. The number of hydrogen-bond donors (Lipinski definition) is 1. The van der Waals surface area contributed by atoms with E-state index in [4.69, 9.17) is 5.73 Å². The van der Waals surface area contributed by atoms with E-state index in [9.17, 15) is 0 Å². The van der Waals surface area contributed by atoms with Crippen LogP contribution < -0.4 is 10.6 Å². The van der Waals surface area contributed by atoms with Gasteiger partial charge in [0.25, 0.3) is 0 Å². The SMILES string of the molecule is CN(c1cccc(CN)c1)c1ccccn1. The molecule has 3 heteroatoms. The molecule has 0 radical (unpaired) electrons. The molecule has 16 heavy (non-hydrogen) atoms. The Hall–Kier alpha value is -1.87. The first-order valence-electron chi connectivity index (χ1n) is 5.25. The molecule has 1 aromatic heterocycles. The third-order valence-electron chi connectivity index (χ3n) is 2.53. The van der Waals surface area contributed by atoms with Gasteiger partial charge in [0.2, 0.25) is 0 Å². The summed E-state index contributed by atoms with van der Waals surface area (Å²) in [5, 5.41) is 0. The van der Waals surface area contributed by atoms with Crippen molar-refractivity contribution in [1.29, 1.82) is 0 Å². The molecule has 0 aliphatic heterocycles. The molecule has 1 aromatic carbocycles. The van der Waals surface area contributed by atoms with Gasteiger partial charge in [-0.2, -0.15) is 0 Å². The fraction of sp³-hybridized carbons (Fsp3) is 0.154. The van der Waals surface area contributed by atoms with Gasteiger partial charge < -0.3 is 10.6 Å². The van der Waals surface area contributed by atoms with E-state index < -0.39 is 0 Å². The van der Waals surface area contributed by atoms with Crippen LogP contribution in [0, 0.1) is 0 Å². The average Bonchev–Trinajstić information content (AvgIpc) is 2.39. The largest absolute Gasteiger partial charge is 0.329 e. The van der Waals surface area contributed by atoms with Gasteiger partial charge in [0.05, 0.1) is 0 Å². The van der Waals surface area contributed by atoms with Crippen LogP contribution in [0.2, 0.25) is 0 Å². The lowest BCUT2D eigenvalue weighted by molar-refractivity contribution is 1.06. The molecule has 0 spiro atoms. The minimum atomic E-state index is 0.559. The van der Waals surface area contributed by atoms with Crippen molar-refractivity contribution in [2.24, 2.45) is 5.73 Å². The van der Waals surface area contributed by atoms with E-state index in [0.717, 1.165) is 17.1 Å². The van der Waals surface area contributed by atoms with Crippen LogP contribution in [0.3, 0.4) is 0 Å². The Morgan fingerprint density at radius 1 is 1.19 bits per heavy atom. The Bertz CT molecular complexity index is 454. The van der Waals surface area contributed by atoms with Crippen molar-refractivity contribution in [3.63, 3.8) is 0 Å². The highest BCUT2D eigenvalue weighted by Crippen LogP contribution is 2.21. The number of aromatic nitrogens is 1. The van der Waals surface area contributed by atoms with E-state index in [-0.39, 0.29) is 0 Å². The minimum Gasteiger partial charge on any atom is -0.329 e. The monoisotopic (exact) mass is 213 g/mol. The Morgan fingerprint density at radius 2 is 2.06 bits per heavy atom. The first kappa shape index (κ1) is 10.6. The van der Waals surface area contributed by atoms with Crippen LogP contribution in [0.15, 0.2) is 48.7 Å². The van der Waals surface area contributed by atoms with Crippen LogP contribution >= 0.6 is 0 Å². The van der Waals surface area contributed by atoms with Gasteiger partial charge in [-0.1, -0.05) is 18.2 Å². The molecule has 2 rings (SSSR count). The van der Waals surface area contributed by atoms with Gasteiger partial charge in [0.15, 0.2) is 0 Å². The van der Waals surface area contributed by atoms with Crippen LogP contribution in [0.4, 0.5) is 11.5 Å². The molecule has 2 N–H and O–H groups in total. The molecular formula is C13H15N3. The second kappa shape index (κ2) is 4.77. The lowest BCUT2D eigenvalue weighted by Crippen LogP contribution is -2.11. The van der Waals surface area contributed by atoms with Gasteiger partial charge in [0.1, 0.15) is 5.82 Å². The maximum Gasteiger partial charge on any atom is 0.132 e. The molecule has 0 bridgehead atoms. The first-order valence-corrected chi connectivity index (χ1v) is 5.25. The van der Waals surface area contributed by atoms with Gasteiger partial charge in [-0.15, -0.1) is 0 Å². The standard InChI is InChI=1S/C13H15N3/c1-16(13-7-2-3-8-15-13)12-6-4-5-11(9-12)10-14/h2-9H,10,14H2,1H3. The van der Waals surface area contributed by atoms with E-state index >= 15 is 0 Å². The predicted molar refractivity (Wildman–Crippen MR) is 66.6 cm³/mol. The number of rotatable bonds is 3. The number of benzene rings is 1. The molecule has 2 aromatic rings. The van der Waals surface area contributed by atoms with Gasteiger partial charge in [-0.25, -0.2) is 4.98 Å². The molecular weight excluding hydrogens is 198 g/mol. The maximum absolute atomic E-state index is 5.62. The molecule has 0 saturated heterocycles. The molecule has 0 amide bonds. The Balaban J connectivity index is 2.30. The normalized spacial score (nSPS) is 10.1. The van der Waals surface area contributed by atoms with Crippen LogP contribution in [0.1, 0.15) is 5.56 Å². The summed E-state index contributed by atoms with van der Waals surface area (Å²) in [5.41, 5.74) is 7.85. The zero-order valence-electron chi connectivity index (χ0n) is 9.30. The zero-order valence-corrected chi connectivity index (χ0v) is 9.30. The molecule has 0 aliphatic rings. The Kier molecular flexibility index (Phi) is 3.17. The molecule has 0 atom stereocenters. The number of nitrogens with two attached hydrogens (primary N) is 1. The van der Waals surface area contributed by atoms with Crippen LogP contribution in [0.25, 0.3) is 0 Å². The number of anilines is 2. The van der Waals surface area contributed by atoms with Crippen LogP contribution in [-0.4, -0.2) is 12.0 Å². The highest BCUT2D eigenvalue weighted by Gasteiger charge is 2.04. The summed E-state index contributed by atoms with van der Waals surface area (Å²) < 4.78 is 0. The second-order valence-corrected chi connectivity index (χ2v) is 3.62. The van der Waals surface area contributed by atoms with Crippen LogP contribution in [0.5, 0.6) is 0 Å². The van der Waals surface area contributed by atoms with Crippen LogP contribution in [-0.2, 0) is 6.54 Å². The van der Waals surface area contributed by atoms with Crippen molar-refractivity contribution in [3.8, 4) is 0 Å². The van der Waals surface area contributed by atoms with E-state index in [1.807, 2.05) is 48.3 Å². The summed E-state index contributed by atoms with van der Waals surface area (Å²) in [7, 11) is 2.00. The van der Waals surface area contributed by atoms with Gasteiger partial charge >= 0.3 is 0 Å². The fourth-order valence-electron chi connectivity index (χ4n) is 1.58. The Morgan fingerprint density at radius 3 is 2.75 bits per heavy atom. The quantitative estimate of drug-likeness (QED) is 0.850. The van der Waals surface area contributed by atoms with E-state index in [0.29, 0.717) is 6.54 Å². The Labute approximate surface area is 95.5 Å².